The van der Waals surface area contributed by atoms with Gasteiger partial charge in [0.05, 0.1) is 18.7 Å². The number of ether oxygens (including phenoxy) is 2. The maximum absolute atomic E-state index is 12.9. The molecule has 5 nitrogen and oxygen atoms in total. The number of benzene rings is 2. The fourth-order valence-electron chi connectivity index (χ4n) is 3.28. The topological polar surface area (TPSA) is 51.7 Å². The van der Waals surface area contributed by atoms with Gasteiger partial charge in [-0.25, -0.2) is 4.98 Å². The van der Waals surface area contributed by atoms with E-state index in [9.17, 15) is 4.79 Å². The van der Waals surface area contributed by atoms with E-state index in [0.29, 0.717) is 32.7 Å². The lowest BCUT2D eigenvalue weighted by molar-refractivity contribution is -0.131. The lowest BCUT2D eigenvalue weighted by Gasteiger charge is -2.22. The van der Waals surface area contributed by atoms with Gasteiger partial charge in [0.15, 0.2) is 0 Å². The Morgan fingerprint density at radius 2 is 1.90 bits per heavy atom. The van der Waals surface area contributed by atoms with Crippen molar-refractivity contribution in [3.05, 3.63) is 81.3 Å². The summed E-state index contributed by atoms with van der Waals surface area (Å²) in [4.78, 5) is 19.5. The molecule has 3 aromatic rings. The van der Waals surface area contributed by atoms with E-state index in [4.69, 9.17) is 14.5 Å². The number of amides is 1. The van der Waals surface area contributed by atoms with E-state index in [1.165, 1.54) is 5.56 Å². The Kier molecular flexibility index (Phi) is 8.62. The largest absolute Gasteiger partial charge is 0.486 e. The van der Waals surface area contributed by atoms with Crippen LogP contribution in [0.4, 0.5) is 0 Å². The maximum atomic E-state index is 12.9. The van der Waals surface area contributed by atoms with Crippen molar-refractivity contribution in [2.45, 2.75) is 39.8 Å². The van der Waals surface area contributed by atoms with E-state index in [1.807, 2.05) is 52.7 Å². The van der Waals surface area contributed by atoms with E-state index >= 15 is 0 Å². The predicted octanol–water partition coefficient (Wildman–Crippen LogP) is 4.95. The highest BCUT2D eigenvalue weighted by Gasteiger charge is 2.16. The molecule has 0 bridgehead atoms. The van der Waals surface area contributed by atoms with Crippen LogP contribution in [-0.2, 0) is 29.1 Å². The minimum atomic E-state index is 0.100. The first-order valence-corrected chi connectivity index (χ1v) is 11.4. The van der Waals surface area contributed by atoms with Crippen LogP contribution in [0.15, 0.2) is 53.9 Å². The van der Waals surface area contributed by atoms with Crippen molar-refractivity contribution in [2.24, 2.45) is 0 Å². The number of carbonyl (C=O) groups excluding carboxylic acids is 1. The molecule has 0 saturated carbocycles. The Bertz CT molecular complexity index is 972. The van der Waals surface area contributed by atoms with E-state index in [-0.39, 0.29) is 5.91 Å². The van der Waals surface area contributed by atoms with Gasteiger partial charge in [-0.3, -0.25) is 4.79 Å². The van der Waals surface area contributed by atoms with Crippen LogP contribution in [0.5, 0.6) is 5.75 Å². The molecule has 0 aliphatic heterocycles. The van der Waals surface area contributed by atoms with Crippen molar-refractivity contribution in [1.29, 1.82) is 0 Å². The van der Waals surface area contributed by atoms with E-state index in [1.54, 1.807) is 18.4 Å². The molecule has 0 aliphatic rings. The van der Waals surface area contributed by atoms with Crippen LogP contribution in [0, 0.1) is 13.8 Å². The summed E-state index contributed by atoms with van der Waals surface area (Å²) in [6, 6.07) is 15.9. The molecular weight excluding hydrogens is 408 g/mol. The van der Waals surface area contributed by atoms with Crippen LogP contribution in [-0.4, -0.2) is 36.1 Å². The lowest BCUT2D eigenvalue weighted by Crippen LogP contribution is -2.33. The highest BCUT2D eigenvalue weighted by molar-refractivity contribution is 7.09. The summed E-state index contributed by atoms with van der Waals surface area (Å²) in [5.41, 5.74) is 4.27. The number of carbonyl (C=O) groups is 1. The molecule has 164 valence electrons. The number of hydrogen-bond donors (Lipinski definition) is 0. The molecule has 1 aromatic heterocycles. The second-order valence-corrected chi connectivity index (χ2v) is 8.49. The first-order valence-electron chi connectivity index (χ1n) is 10.5. The van der Waals surface area contributed by atoms with Gasteiger partial charge in [-0.15, -0.1) is 11.3 Å². The number of aryl methyl sites for hydroxylation is 1. The molecule has 0 fully saturated rings. The predicted molar refractivity (Wildman–Crippen MR) is 124 cm³/mol. The van der Waals surface area contributed by atoms with Crippen LogP contribution in [0.25, 0.3) is 0 Å². The molecule has 0 atom stereocenters. The van der Waals surface area contributed by atoms with Crippen molar-refractivity contribution < 1.29 is 14.3 Å². The summed E-state index contributed by atoms with van der Waals surface area (Å²) >= 11 is 1.57. The number of aromatic nitrogens is 1. The molecule has 0 saturated heterocycles. The third-order valence-corrected chi connectivity index (χ3v) is 6.06. The molecular formula is C25H30N2O3S. The standard InChI is InChI=1S/C25H30N2O3S/c1-19-9-7-12-23(20(19)2)30-17-24-26-22(18-31-24)16-27(13-8-14-29-3)25(28)15-21-10-5-4-6-11-21/h4-7,9-12,18H,8,13-17H2,1-3H3. The van der Waals surface area contributed by atoms with E-state index < -0.39 is 0 Å². The van der Waals surface area contributed by atoms with Gasteiger partial charge in [0.25, 0.3) is 0 Å². The molecule has 0 unspecified atom stereocenters. The van der Waals surface area contributed by atoms with E-state index in [0.717, 1.165) is 34.0 Å². The molecule has 6 heteroatoms. The van der Waals surface area contributed by atoms with Crippen LogP contribution in [0.3, 0.4) is 0 Å². The molecule has 1 heterocycles. The van der Waals surface area contributed by atoms with Crippen molar-refractivity contribution in [1.82, 2.24) is 9.88 Å². The summed E-state index contributed by atoms with van der Waals surface area (Å²) in [5.74, 6) is 0.986. The third-order valence-electron chi connectivity index (χ3n) is 5.19. The number of thiazole rings is 1. The van der Waals surface area contributed by atoms with Gasteiger partial charge in [-0.05, 0) is 43.0 Å². The Labute approximate surface area is 188 Å². The molecule has 0 aliphatic carbocycles. The van der Waals surface area contributed by atoms with Gasteiger partial charge < -0.3 is 14.4 Å². The van der Waals surface area contributed by atoms with Crippen LogP contribution in [0.2, 0.25) is 0 Å². The first-order chi connectivity index (χ1) is 15.1. The molecule has 0 spiro atoms. The average molecular weight is 439 g/mol. The SMILES string of the molecule is COCCCN(Cc1csc(COc2cccc(C)c2C)n1)C(=O)Cc1ccccc1. The van der Waals surface area contributed by atoms with Gasteiger partial charge in [0.1, 0.15) is 17.4 Å². The zero-order valence-electron chi connectivity index (χ0n) is 18.5. The van der Waals surface area contributed by atoms with Gasteiger partial charge in [-0.2, -0.15) is 0 Å². The number of hydrogen-bond acceptors (Lipinski definition) is 5. The van der Waals surface area contributed by atoms with Gasteiger partial charge >= 0.3 is 0 Å². The molecule has 31 heavy (non-hydrogen) atoms. The highest BCUT2D eigenvalue weighted by Crippen LogP contribution is 2.22. The van der Waals surface area contributed by atoms with Crippen molar-refractivity contribution in [3.63, 3.8) is 0 Å². The second-order valence-electron chi connectivity index (χ2n) is 7.54. The average Bonchev–Trinajstić information content (AvgIpc) is 3.22. The van der Waals surface area contributed by atoms with Crippen LogP contribution in [0.1, 0.15) is 33.8 Å². The molecule has 2 aromatic carbocycles. The number of nitrogens with zero attached hydrogens (tertiary/aromatic N) is 2. The lowest BCUT2D eigenvalue weighted by atomic mass is 10.1. The highest BCUT2D eigenvalue weighted by atomic mass is 32.1. The minimum Gasteiger partial charge on any atom is -0.486 e. The smallest absolute Gasteiger partial charge is 0.227 e. The van der Waals surface area contributed by atoms with Crippen molar-refractivity contribution in [3.8, 4) is 5.75 Å². The normalized spacial score (nSPS) is 10.8. The second kappa shape index (κ2) is 11.6. The minimum absolute atomic E-state index is 0.100. The van der Waals surface area contributed by atoms with E-state index in [2.05, 4.69) is 19.9 Å². The van der Waals surface area contributed by atoms with Gasteiger partial charge in [0.2, 0.25) is 5.91 Å². The van der Waals surface area contributed by atoms with Crippen LogP contribution >= 0.6 is 11.3 Å². The maximum Gasteiger partial charge on any atom is 0.227 e. The summed E-state index contributed by atoms with van der Waals surface area (Å²) in [7, 11) is 1.68. The summed E-state index contributed by atoms with van der Waals surface area (Å²) in [6.07, 6.45) is 1.18. The number of methoxy groups -OCH3 is 1. The Balaban J connectivity index is 1.62. The van der Waals surface area contributed by atoms with Crippen molar-refractivity contribution >= 4 is 17.2 Å². The summed E-state index contributed by atoms with van der Waals surface area (Å²) in [5, 5.41) is 2.92. The Hall–Kier alpha value is -2.70. The van der Waals surface area contributed by atoms with Crippen molar-refractivity contribution in [2.75, 3.05) is 20.3 Å². The van der Waals surface area contributed by atoms with Gasteiger partial charge in [0, 0.05) is 25.6 Å². The fourth-order valence-corrected chi connectivity index (χ4v) is 3.97. The Morgan fingerprint density at radius 3 is 2.68 bits per heavy atom. The summed E-state index contributed by atoms with van der Waals surface area (Å²) in [6.45, 7) is 6.33. The van der Waals surface area contributed by atoms with Gasteiger partial charge in [-0.1, -0.05) is 42.5 Å². The Morgan fingerprint density at radius 1 is 1.10 bits per heavy atom. The molecule has 3 rings (SSSR count). The molecule has 0 N–H and O–H groups in total. The summed E-state index contributed by atoms with van der Waals surface area (Å²) < 4.78 is 11.1. The quantitative estimate of drug-likeness (QED) is 0.398. The zero-order chi connectivity index (χ0) is 22.1. The number of rotatable bonds is 11. The zero-order valence-corrected chi connectivity index (χ0v) is 19.3. The molecule has 0 radical (unpaired) electrons. The third kappa shape index (κ3) is 6.91. The van der Waals surface area contributed by atoms with Crippen LogP contribution < -0.4 is 4.74 Å². The monoisotopic (exact) mass is 438 g/mol. The molecule has 1 amide bonds. The first kappa shape index (κ1) is 23.0. The fraction of sp³-hybridized carbons (Fsp3) is 0.360.